The van der Waals surface area contributed by atoms with Crippen LogP contribution in [-0.4, -0.2) is 30.1 Å². The van der Waals surface area contributed by atoms with Gasteiger partial charge in [-0.1, -0.05) is 29.8 Å². The predicted octanol–water partition coefficient (Wildman–Crippen LogP) is 2.59. The molecule has 2 rings (SSSR count). The Balaban J connectivity index is 1.95. The summed E-state index contributed by atoms with van der Waals surface area (Å²) < 4.78 is 13.6. The van der Waals surface area contributed by atoms with Crippen molar-refractivity contribution in [2.24, 2.45) is 11.7 Å². The number of carbonyl (C=O) groups is 1. The number of hydrogen-bond donors (Lipinski definition) is 1. The summed E-state index contributed by atoms with van der Waals surface area (Å²) in [6.07, 6.45) is -0.105. The highest BCUT2D eigenvalue weighted by molar-refractivity contribution is 5.79. The van der Waals surface area contributed by atoms with Crippen molar-refractivity contribution in [2.45, 2.75) is 38.9 Å². The molecule has 0 aliphatic carbocycles. The average molecular weight is 278 g/mol. The fourth-order valence-corrected chi connectivity index (χ4v) is 2.97. The third-order valence-electron chi connectivity index (χ3n) is 4.33. The van der Waals surface area contributed by atoms with Crippen LogP contribution in [0.3, 0.4) is 0 Å². The van der Waals surface area contributed by atoms with Crippen molar-refractivity contribution in [2.75, 3.05) is 13.1 Å². The fourth-order valence-electron chi connectivity index (χ4n) is 2.97. The van der Waals surface area contributed by atoms with Crippen LogP contribution in [0.2, 0.25) is 0 Å². The number of nitrogens with two attached hydrogens (primary N) is 1. The third-order valence-corrected chi connectivity index (χ3v) is 4.33. The summed E-state index contributed by atoms with van der Waals surface area (Å²) in [6.45, 7) is 5.89. The van der Waals surface area contributed by atoms with Crippen molar-refractivity contribution >= 4 is 5.91 Å². The summed E-state index contributed by atoms with van der Waals surface area (Å²) in [7, 11) is 0. The summed E-state index contributed by atoms with van der Waals surface area (Å²) in [5.74, 6) is -1.04. The second kappa shape index (κ2) is 6.35. The van der Waals surface area contributed by atoms with Gasteiger partial charge in [-0.3, -0.25) is 9.69 Å². The van der Waals surface area contributed by atoms with Gasteiger partial charge in [0.1, 0.15) is 0 Å². The van der Waals surface area contributed by atoms with E-state index in [4.69, 9.17) is 5.73 Å². The van der Waals surface area contributed by atoms with Crippen LogP contribution in [0.5, 0.6) is 0 Å². The first-order valence-corrected chi connectivity index (χ1v) is 7.23. The van der Waals surface area contributed by atoms with E-state index in [0.29, 0.717) is 18.9 Å². The van der Waals surface area contributed by atoms with E-state index in [-0.39, 0.29) is 5.92 Å². The van der Waals surface area contributed by atoms with Crippen LogP contribution < -0.4 is 5.73 Å². The summed E-state index contributed by atoms with van der Waals surface area (Å²) >= 11 is 0. The number of alkyl halides is 1. The second-order valence-electron chi connectivity index (χ2n) is 5.77. The van der Waals surface area contributed by atoms with Gasteiger partial charge in [0.05, 0.1) is 0 Å². The van der Waals surface area contributed by atoms with Gasteiger partial charge in [-0.15, -0.1) is 0 Å². The lowest BCUT2D eigenvalue weighted by molar-refractivity contribution is -0.125. The number of hydrogen-bond acceptors (Lipinski definition) is 2. The minimum atomic E-state index is -1.49. The molecule has 0 saturated carbocycles. The number of rotatable bonds is 4. The van der Waals surface area contributed by atoms with Crippen molar-refractivity contribution in [3.05, 3.63) is 35.4 Å². The number of carbonyl (C=O) groups excluding carboxylic acids is 1. The molecule has 3 nitrogen and oxygen atoms in total. The largest absolute Gasteiger partial charge is 0.367 e. The molecule has 1 aliphatic heterocycles. The third kappa shape index (κ3) is 3.37. The van der Waals surface area contributed by atoms with Crippen molar-refractivity contribution in [3.63, 3.8) is 0 Å². The van der Waals surface area contributed by atoms with Gasteiger partial charge in [-0.25, -0.2) is 4.39 Å². The predicted molar refractivity (Wildman–Crippen MR) is 78.0 cm³/mol. The van der Waals surface area contributed by atoms with E-state index in [9.17, 15) is 9.18 Å². The van der Waals surface area contributed by atoms with Crippen LogP contribution >= 0.6 is 0 Å². The molecule has 0 aromatic heterocycles. The Bertz CT molecular complexity index is 469. The number of nitrogens with zero attached hydrogens (tertiary/aromatic N) is 1. The topological polar surface area (TPSA) is 46.3 Å². The number of benzene rings is 1. The van der Waals surface area contributed by atoms with Gasteiger partial charge in [-0.2, -0.15) is 0 Å². The second-order valence-corrected chi connectivity index (χ2v) is 5.77. The maximum absolute atomic E-state index is 13.6. The van der Waals surface area contributed by atoms with Crippen LogP contribution in [0.15, 0.2) is 24.3 Å². The van der Waals surface area contributed by atoms with Gasteiger partial charge >= 0.3 is 0 Å². The average Bonchev–Trinajstić information content (AvgIpc) is 2.46. The highest BCUT2D eigenvalue weighted by atomic mass is 19.1. The minimum Gasteiger partial charge on any atom is -0.367 e. The van der Waals surface area contributed by atoms with E-state index in [1.165, 1.54) is 11.1 Å². The number of likely N-dealkylation sites (tertiary alicyclic amines) is 1. The Labute approximate surface area is 120 Å². The Morgan fingerprint density at radius 1 is 1.40 bits per heavy atom. The quantitative estimate of drug-likeness (QED) is 0.920. The maximum atomic E-state index is 13.6. The molecule has 1 saturated heterocycles. The lowest BCUT2D eigenvalue weighted by Gasteiger charge is -2.36. The number of amides is 1. The minimum absolute atomic E-state index is 0.214. The SMILES string of the molecule is Cc1cccc(C(C)N2CCC(C(F)C(N)=O)CC2)c1. The molecule has 1 aromatic carbocycles. The Kier molecular flexibility index (Phi) is 4.76. The molecule has 1 amide bonds. The molecule has 110 valence electrons. The van der Waals surface area contributed by atoms with E-state index in [1.807, 2.05) is 0 Å². The van der Waals surface area contributed by atoms with Crippen molar-refractivity contribution in [1.29, 1.82) is 0 Å². The van der Waals surface area contributed by atoms with Gasteiger partial charge in [0.25, 0.3) is 5.91 Å². The van der Waals surface area contributed by atoms with Crippen LogP contribution in [-0.2, 0) is 4.79 Å². The molecule has 1 aliphatic rings. The van der Waals surface area contributed by atoms with Gasteiger partial charge in [-0.05, 0) is 45.3 Å². The summed E-state index contributed by atoms with van der Waals surface area (Å²) in [4.78, 5) is 13.3. The lowest BCUT2D eigenvalue weighted by Crippen LogP contribution is -2.41. The Morgan fingerprint density at radius 2 is 2.05 bits per heavy atom. The molecule has 0 bridgehead atoms. The number of piperidine rings is 1. The molecule has 2 unspecified atom stereocenters. The molecule has 20 heavy (non-hydrogen) atoms. The molecular weight excluding hydrogens is 255 g/mol. The fraction of sp³-hybridized carbons (Fsp3) is 0.562. The molecular formula is C16H23FN2O. The Morgan fingerprint density at radius 3 is 2.60 bits per heavy atom. The smallest absolute Gasteiger partial charge is 0.252 e. The van der Waals surface area contributed by atoms with E-state index < -0.39 is 12.1 Å². The van der Waals surface area contributed by atoms with Gasteiger partial charge < -0.3 is 5.73 Å². The van der Waals surface area contributed by atoms with Crippen molar-refractivity contribution < 1.29 is 9.18 Å². The van der Waals surface area contributed by atoms with E-state index >= 15 is 0 Å². The molecule has 0 spiro atoms. The van der Waals surface area contributed by atoms with Gasteiger partial charge in [0.2, 0.25) is 0 Å². The van der Waals surface area contributed by atoms with E-state index in [2.05, 4.69) is 43.0 Å². The molecule has 2 atom stereocenters. The first-order valence-electron chi connectivity index (χ1n) is 7.23. The number of halogens is 1. The van der Waals surface area contributed by atoms with Crippen LogP contribution in [0.25, 0.3) is 0 Å². The summed E-state index contributed by atoms with van der Waals surface area (Å²) in [5.41, 5.74) is 7.58. The highest BCUT2D eigenvalue weighted by Gasteiger charge is 2.31. The molecule has 0 radical (unpaired) electrons. The molecule has 1 heterocycles. The first-order chi connectivity index (χ1) is 9.49. The van der Waals surface area contributed by atoms with Crippen LogP contribution in [0.4, 0.5) is 4.39 Å². The maximum Gasteiger partial charge on any atom is 0.252 e. The zero-order chi connectivity index (χ0) is 14.7. The lowest BCUT2D eigenvalue weighted by atomic mass is 9.90. The summed E-state index contributed by atoms with van der Waals surface area (Å²) in [6, 6.07) is 8.80. The zero-order valence-corrected chi connectivity index (χ0v) is 12.2. The normalized spacial score (nSPS) is 20.6. The molecule has 1 fully saturated rings. The van der Waals surface area contributed by atoms with Crippen LogP contribution in [0.1, 0.15) is 36.9 Å². The van der Waals surface area contributed by atoms with Gasteiger partial charge in [0, 0.05) is 12.0 Å². The first kappa shape index (κ1) is 15.0. The van der Waals surface area contributed by atoms with E-state index in [0.717, 1.165) is 13.1 Å². The van der Waals surface area contributed by atoms with E-state index in [1.54, 1.807) is 0 Å². The Hall–Kier alpha value is -1.42. The van der Waals surface area contributed by atoms with Crippen molar-refractivity contribution in [1.82, 2.24) is 4.90 Å². The molecule has 1 aromatic rings. The number of aryl methyl sites for hydroxylation is 1. The standard InChI is InChI=1S/C16H23FN2O/c1-11-4-3-5-14(10-11)12(2)19-8-6-13(7-9-19)15(17)16(18)20/h3-5,10,12-13,15H,6-9H2,1-2H3,(H2,18,20). The van der Waals surface area contributed by atoms with Gasteiger partial charge in [0.15, 0.2) is 6.17 Å². The number of primary amides is 1. The molecule has 4 heteroatoms. The van der Waals surface area contributed by atoms with Crippen molar-refractivity contribution in [3.8, 4) is 0 Å². The monoisotopic (exact) mass is 278 g/mol. The summed E-state index contributed by atoms with van der Waals surface area (Å²) in [5, 5.41) is 0. The zero-order valence-electron chi connectivity index (χ0n) is 12.2. The highest BCUT2D eigenvalue weighted by Crippen LogP contribution is 2.29. The molecule has 2 N–H and O–H groups in total. The van der Waals surface area contributed by atoms with Crippen LogP contribution in [0, 0.1) is 12.8 Å².